The Morgan fingerprint density at radius 2 is 1.97 bits per heavy atom. The van der Waals surface area contributed by atoms with Crippen LogP contribution >= 0.6 is 11.6 Å². The van der Waals surface area contributed by atoms with E-state index in [2.05, 4.69) is 5.32 Å². The molecule has 0 unspecified atom stereocenters. The molecule has 2 aromatic rings. The molecule has 1 fully saturated rings. The van der Waals surface area contributed by atoms with Crippen molar-refractivity contribution in [1.82, 2.24) is 4.90 Å². The number of benzene rings is 2. The average molecular weight is 431 g/mol. The Bertz CT molecular complexity index is 934. The molecule has 1 heterocycles. The summed E-state index contributed by atoms with van der Waals surface area (Å²) in [5, 5.41) is 3.03. The normalized spacial score (nSPS) is 16.8. The first-order chi connectivity index (χ1) is 14.4. The van der Waals surface area contributed by atoms with Crippen LogP contribution in [0.3, 0.4) is 0 Å². The molecule has 8 heteroatoms. The van der Waals surface area contributed by atoms with Gasteiger partial charge in [-0.2, -0.15) is 0 Å². The van der Waals surface area contributed by atoms with Crippen LogP contribution in [0.25, 0.3) is 0 Å². The maximum atomic E-state index is 12.4. The molecule has 158 valence electrons. The van der Waals surface area contributed by atoms with Gasteiger partial charge in [-0.25, -0.2) is 0 Å². The highest BCUT2D eigenvalue weighted by Gasteiger charge is 2.38. The summed E-state index contributed by atoms with van der Waals surface area (Å²) in [5.74, 6) is -1.37. The number of esters is 1. The van der Waals surface area contributed by atoms with Crippen molar-refractivity contribution >= 4 is 35.1 Å². The van der Waals surface area contributed by atoms with Crippen LogP contribution in [0.5, 0.6) is 5.75 Å². The number of hydrogen-bond acceptors (Lipinski definition) is 5. The monoisotopic (exact) mass is 430 g/mol. The summed E-state index contributed by atoms with van der Waals surface area (Å²) < 4.78 is 10.3. The van der Waals surface area contributed by atoms with Crippen molar-refractivity contribution in [3.05, 3.63) is 59.1 Å². The Hall–Kier alpha value is -3.06. The number of carbonyl (C=O) groups excluding carboxylic acids is 3. The van der Waals surface area contributed by atoms with Crippen molar-refractivity contribution < 1.29 is 23.9 Å². The van der Waals surface area contributed by atoms with E-state index in [9.17, 15) is 14.4 Å². The van der Waals surface area contributed by atoms with Crippen molar-refractivity contribution in [2.75, 3.05) is 25.6 Å². The number of ether oxygens (including phenoxy) is 2. The van der Waals surface area contributed by atoms with Gasteiger partial charge in [0.25, 0.3) is 5.91 Å². The van der Waals surface area contributed by atoms with Crippen LogP contribution in [0.2, 0.25) is 5.02 Å². The Balaban J connectivity index is 1.53. The van der Waals surface area contributed by atoms with E-state index in [1.807, 2.05) is 37.3 Å². The molecule has 1 aliphatic rings. The lowest BCUT2D eigenvalue weighted by Gasteiger charge is -2.25. The lowest BCUT2D eigenvalue weighted by atomic mass is 10.1. The number of methoxy groups -OCH3 is 1. The standard InChI is InChI=1S/C22H23ClN2O5/c1-14(15-6-4-3-5-7-15)25-12-16(10-21(25)27)22(28)30-13-20(26)24-18-11-17(23)8-9-19(18)29-2/h3-9,11,14,16H,10,12-13H2,1-2H3,(H,24,26)/t14-,16+/m1/s1. The molecule has 1 saturated heterocycles. The predicted molar refractivity (Wildman–Crippen MR) is 112 cm³/mol. The van der Waals surface area contributed by atoms with Crippen LogP contribution < -0.4 is 10.1 Å². The molecular formula is C22H23ClN2O5. The quantitative estimate of drug-likeness (QED) is 0.680. The van der Waals surface area contributed by atoms with Crippen LogP contribution in [0.1, 0.15) is 24.9 Å². The third-order valence-electron chi connectivity index (χ3n) is 5.02. The molecule has 0 bridgehead atoms. The van der Waals surface area contributed by atoms with Crippen LogP contribution in [-0.4, -0.2) is 42.9 Å². The van der Waals surface area contributed by atoms with Gasteiger partial charge in [0.15, 0.2) is 6.61 Å². The molecule has 2 aromatic carbocycles. The van der Waals surface area contributed by atoms with Crippen molar-refractivity contribution in [3.63, 3.8) is 0 Å². The second-order valence-electron chi connectivity index (χ2n) is 7.03. The van der Waals surface area contributed by atoms with E-state index in [1.165, 1.54) is 7.11 Å². The van der Waals surface area contributed by atoms with E-state index < -0.39 is 24.4 Å². The van der Waals surface area contributed by atoms with Crippen molar-refractivity contribution in [2.24, 2.45) is 5.92 Å². The topological polar surface area (TPSA) is 84.9 Å². The van der Waals surface area contributed by atoms with Gasteiger partial charge < -0.3 is 19.7 Å². The molecule has 1 N–H and O–H groups in total. The van der Waals surface area contributed by atoms with E-state index in [-0.39, 0.29) is 24.9 Å². The number of rotatable bonds is 7. The molecule has 0 aliphatic carbocycles. The summed E-state index contributed by atoms with van der Waals surface area (Å²) in [6.07, 6.45) is 0.0692. The summed E-state index contributed by atoms with van der Waals surface area (Å²) in [4.78, 5) is 38.6. The highest BCUT2D eigenvalue weighted by Crippen LogP contribution is 2.29. The lowest BCUT2D eigenvalue weighted by Crippen LogP contribution is -2.30. The fourth-order valence-corrected chi connectivity index (χ4v) is 3.57. The van der Waals surface area contributed by atoms with Gasteiger partial charge in [0.2, 0.25) is 5.91 Å². The van der Waals surface area contributed by atoms with E-state index >= 15 is 0 Å². The Morgan fingerprint density at radius 1 is 1.23 bits per heavy atom. The minimum Gasteiger partial charge on any atom is -0.495 e. The third kappa shape index (κ3) is 5.10. The first-order valence-electron chi connectivity index (χ1n) is 9.53. The SMILES string of the molecule is COc1ccc(Cl)cc1NC(=O)COC(=O)[C@H]1CC(=O)N([C@H](C)c2ccccc2)C1. The van der Waals surface area contributed by atoms with Crippen LogP contribution in [0.15, 0.2) is 48.5 Å². The molecule has 2 amide bonds. The second-order valence-corrected chi connectivity index (χ2v) is 7.47. The van der Waals surface area contributed by atoms with Gasteiger partial charge in [-0.3, -0.25) is 14.4 Å². The minimum atomic E-state index is -0.600. The minimum absolute atomic E-state index is 0.0692. The summed E-state index contributed by atoms with van der Waals surface area (Å²) in [5.41, 5.74) is 1.37. The van der Waals surface area contributed by atoms with E-state index in [1.54, 1.807) is 23.1 Å². The predicted octanol–water partition coefficient (Wildman–Crippen LogP) is 3.44. The summed E-state index contributed by atoms with van der Waals surface area (Å²) in [7, 11) is 1.47. The van der Waals surface area contributed by atoms with Gasteiger partial charge in [0.05, 0.1) is 24.8 Å². The van der Waals surface area contributed by atoms with E-state index in [0.29, 0.717) is 16.5 Å². The Morgan fingerprint density at radius 3 is 2.67 bits per heavy atom. The van der Waals surface area contributed by atoms with Crippen LogP contribution in [-0.2, 0) is 19.1 Å². The number of likely N-dealkylation sites (tertiary alicyclic amines) is 1. The number of nitrogens with one attached hydrogen (secondary N) is 1. The van der Waals surface area contributed by atoms with Gasteiger partial charge in [-0.15, -0.1) is 0 Å². The van der Waals surface area contributed by atoms with Crippen molar-refractivity contribution in [3.8, 4) is 5.75 Å². The number of anilines is 1. The summed E-state index contributed by atoms with van der Waals surface area (Å²) in [6.45, 7) is 1.72. The fraction of sp³-hybridized carbons (Fsp3) is 0.318. The first kappa shape index (κ1) is 21.6. The van der Waals surface area contributed by atoms with Crippen LogP contribution in [0.4, 0.5) is 5.69 Å². The Kier molecular flexibility index (Phi) is 6.95. The molecule has 0 aromatic heterocycles. The number of amides is 2. The molecule has 7 nitrogen and oxygen atoms in total. The molecule has 3 rings (SSSR count). The maximum Gasteiger partial charge on any atom is 0.311 e. The van der Waals surface area contributed by atoms with Gasteiger partial charge in [-0.05, 0) is 30.7 Å². The zero-order valence-corrected chi connectivity index (χ0v) is 17.5. The summed E-state index contributed by atoms with van der Waals surface area (Å²) >= 11 is 5.94. The largest absolute Gasteiger partial charge is 0.495 e. The maximum absolute atomic E-state index is 12.4. The zero-order valence-electron chi connectivity index (χ0n) is 16.8. The Labute approximate surface area is 179 Å². The number of carbonyl (C=O) groups is 3. The lowest BCUT2D eigenvalue weighted by molar-refractivity contribution is -0.151. The van der Waals surface area contributed by atoms with Gasteiger partial charge in [-0.1, -0.05) is 41.9 Å². The number of nitrogens with zero attached hydrogens (tertiary/aromatic N) is 1. The smallest absolute Gasteiger partial charge is 0.311 e. The van der Waals surface area contributed by atoms with E-state index in [4.69, 9.17) is 21.1 Å². The molecule has 30 heavy (non-hydrogen) atoms. The number of hydrogen-bond donors (Lipinski definition) is 1. The van der Waals surface area contributed by atoms with Gasteiger partial charge >= 0.3 is 5.97 Å². The molecule has 0 saturated carbocycles. The zero-order chi connectivity index (χ0) is 21.7. The second kappa shape index (κ2) is 9.63. The highest BCUT2D eigenvalue weighted by atomic mass is 35.5. The summed E-state index contributed by atoms with van der Waals surface area (Å²) in [6, 6.07) is 14.3. The third-order valence-corrected chi connectivity index (χ3v) is 5.26. The van der Waals surface area contributed by atoms with E-state index in [0.717, 1.165) is 5.56 Å². The molecule has 1 aliphatic heterocycles. The van der Waals surface area contributed by atoms with Gasteiger partial charge in [0, 0.05) is 18.0 Å². The van der Waals surface area contributed by atoms with Crippen LogP contribution in [0, 0.1) is 5.92 Å². The first-order valence-corrected chi connectivity index (χ1v) is 9.91. The average Bonchev–Trinajstić information content (AvgIpc) is 3.14. The number of halogens is 1. The fourth-order valence-electron chi connectivity index (χ4n) is 3.39. The van der Waals surface area contributed by atoms with Crippen molar-refractivity contribution in [1.29, 1.82) is 0 Å². The highest BCUT2D eigenvalue weighted by molar-refractivity contribution is 6.31. The molecule has 0 radical (unpaired) electrons. The van der Waals surface area contributed by atoms with Gasteiger partial charge in [0.1, 0.15) is 5.75 Å². The molecular weight excluding hydrogens is 408 g/mol. The molecule has 2 atom stereocenters. The molecule has 0 spiro atoms. The van der Waals surface area contributed by atoms with Crippen molar-refractivity contribution in [2.45, 2.75) is 19.4 Å².